The number of aryl methyl sites for hydroxylation is 1. The standard InChI is InChI=1S/C15H22N2O/c1-9-2-14(17-18-9)8-16-15-12-4-10-3-11(6-12)7-13(15)5-10/h2,10-13,15-16H,3-8H2,1H3. The first kappa shape index (κ1) is 11.0. The highest BCUT2D eigenvalue weighted by atomic mass is 16.5. The zero-order chi connectivity index (χ0) is 12.1. The fourth-order valence-corrected chi connectivity index (χ4v) is 4.98. The lowest BCUT2D eigenvalue weighted by atomic mass is 9.54. The average Bonchev–Trinajstić information content (AvgIpc) is 2.73. The maximum absolute atomic E-state index is 5.13. The molecule has 4 saturated carbocycles. The van der Waals surface area contributed by atoms with Crippen LogP contribution in [0.1, 0.15) is 43.6 Å². The van der Waals surface area contributed by atoms with Gasteiger partial charge in [0.05, 0.1) is 5.69 Å². The van der Waals surface area contributed by atoms with Crippen LogP contribution < -0.4 is 5.32 Å². The predicted octanol–water partition coefficient (Wildman–Crippen LogP) is 2.90. The maximum atomic E-state index is 5.13. The quantitative estimate of drug-likeness (QED) is 0.891. The second-order valence-electron chi connectivity index (χ2n) is 6.77. The van der Waals surface area contributed by atoms with Gasteiger partial charge in [0.2, 0.25) is 0 Å². The Bertz CT molecular complexity index is 411. The van der Waals surface area contributed by atoms with Crippen LogP contribution in [0.3, 0.4) is 0 Å². The molecule has 0 saturated heterocycles. The average molecular weight is 246 g/mol. The zero-order valence-electron chi connectivity index (χ0n) is 11.1. The first-order chi connectivity index (χ1) is 8.78. The van der Waals surface area contributed by atoms with Crippen LogP contribution in [0.2, 0.25) is 0 Å². The fourth-order valence-electron chi connectivity index (χ4n) is 4.98. The number of rotatable bonds is 3. The molecule has 0 amide bonds. The Hall–Kier alpha value is -0.830. The van der Waals surface area contributed by atoms with Gasteiger partial charge in [0.25, 0.3) is 0 Å². The lowest BCUT2D eigenvalue weighted by Crippen LogP contribution is -2.54. The molecule has 4 aliphatic carbocycles. The van der Waals surface area contributed by atoms with Crippen molar-refractivity contribution in [1.82, 2.24) is 10.5 Å². The van der Waals surface area contributed by atoms with Crippen molar-refractivity contribution >= 4 is 0 Å². The van der Waals surface area contributed by atoms with Gasteiger partial charge in [0.1, 0.15) is 5.76 Å². The molecule has 5 rings (SSSR count). The summed E-state index contributed by atoms with van der Waals surface area (Å²) in [6.07, 6.45) is 7.43. The van der Waals surface area contributed by atoms with E-state index in [4.69, 9.17) is 4.52 Å². The molecule has 0 aliphatic heterocycles. The summed E-state index contributed by atoms with van der Waals surface area (Å²) in [4.78, 5) is 0. The summed E-state index contributed by atoms with van der Waals surface area (Å²) in [5.74, 6) is 4.90. The van der Waals surface area contributed by atoms with Crippen molar-refractivity contribution in [2.45, 2.75) is 51.6 Å². The van der Waals surface area contributed by atoms with E-state index in [2.05, 4.69) is 10.5 Å². The Morgan fingerprint density at radius 3 is 2.39 bits per heavy atom. The summed E-state index contributed by atoms with van der Waals surface area (Å²) in [5, 5.41) is 7.85. The van der Waals surface area contributed by atoms with Gasteiger partial charge in [-0.2, -0.15) is 0 Å². The third-order valence-corrected chi connectivity index (χ3v) is 5.42. The molecule has 1 N–H and O–H groups in total. The van der Waals surface area contributed by atoms with Gasteiger partial charge >= 0.3 is 0 Å². The Balaban J connectivity index is 1.43. The van der Waals surface area contributed by atoms with Crippen molar-refractivity contribution in [3.05, 3.63) is 17.5 Å². The fraction of sp³-hybridized carbons (Fsp3) is 0.800. The van der Waals surface area contributed by atoms with Crippen LogP contribution in [0.5, 0.6) is 0 Å². The van der Waals surface area contributed by atoms with Crippen LogP contribution in [0.15, 0.2) is 10.6 Å². The molecular weight excluding hydrogens is 224 g/mol. The molecular formula is C15H22N2O. The SMILES string of the molecule is Cc1cc(CNC2C3CC4CC(C3)CC2C4)no1. The lowest BCUT2D eigenvalue weighted by Gasteiger charge is -2.54. The minimum Gasteiger partial charge on any atom is -0.361 e. The highest BCUT2D eigenvalue weighted by Crippen LogP contribution is 2.53. The van der Waals surface area contributed by atoms with E-state index in [1.165, 1.54) is 32.1 Å². The Labute approximate surface area is 108 Å². The Morgan fingerprint density at radius 2 is 1.83 bits per heavy atom. The third kappa shape index (κ3) is 1.80. The van der Waals surface area contributed by atoms with E-state index < -0.39 is 0 Å². The van der Waals surface area contributed by atoms with Gasteiger partial charge in [-0.25, -0.2) is 0 Å². The van der Waals surface area contributed by atoms with Gasteiger partial charge in [-0.15, -0.1) is 0 Å². The minimum atomic E-state index is 0.745. The molecule has 3 heteroatoms. The molecule has 1 aromatic rings. The molecule has 0 radical (unpaired) electrons. The van der Waals surface area contributed by atoms with Gasteiger partial charge in [-0.05, 0) is 62.7 Å². The monoisotopic (exact) mass is 246 g/mol. The van der Waals surface area contributed by atoms with Crippen LogP contribution in [0.4, 0.5) is 0 Å². The van der Waals surface area contributed by atoms with E-state index in [9.17, 15) is 0 Å². The second kappa shape index (κ2) is 4.09. The Morgan fingerprint density at radius 1 is 1.17 bits per heavy atom. The first-order valence-electron chi connectivity index (χ1n) is 7.43. The number of nitrogens with one attached hydrogen (secondary N) is 1. The largest absolute Gasteiger partial charge is 0.361 e. The first-order valence-corrected chi connectivity index (χ1v) is 7.43. The van der Waals surface area contributed by atoms with E-state index in [1.54, 1.807) is 0 Å². The summed E-state index contributed by atoms with van der Waals surface area (Å²) in [6.45, 7) is 2.84. The molecule has 98 valence electrons. The topological polar surface area (TPSA) is 38.1 Å². The highest BCUT2D eigenvalue weighted by molar-refractivity contribution is 5.05. The molecule has 4 fully saturated rings. The summed E-state index contributed by atoms with van der Waals surface area (Å²) in [5.41, 5.74) is 1.06. The molecule has 3 nitrogen and oxygen atoms in total. The summed E-state index contributed by atoms with van der Waals surface area (Å²) < 4.78 is 5.13. The number of hydrogen-bond donors (Lipinski definition) is 1. The van der Waals surface area contributed by atoms with Gasteiger partial charge in [-0.3, -0.25) is 0 Å². The van der Waals surface area contributed by atoms with Crippen molar-refractivity contribution < 1.29 is 4.52 Å². The van der Waals surface area contributed by atoms with Crippen LogP contribution in [0.25, 0.3) is 0 Å². The van der Waals surface area contributed by atoms with Crippen molar-refractivity contribution in [2.24, 2.45) is 23.7 Å². The number of hydrogen-bond acceptors (Lipinski definition) is 3. The van der Waals surface area contributed by atoms with E-state index in [-0.39, 0.29) is 0 Å². The summed E-state index contributed by atoms with van der Waals surface area (Å²) >= 11 is 0. The van der Waals surface area contributed by atoms with Gasteiger partial charge in [-0.1, -0.05) is 5.16 Å². The molecule has 0 atom stereocenters. The normalized spacial score (nSPS) is 41.5. The number of aromatic nitrogens is 1. The Kier molecular flexibility index (Phi) is 2.51. The van der Waals surface area contributed by atoms with Crippen LogP contribution in [-0.4, -0.2) is 11.2 Å². The van der Waals surface area contributed by atoms with Crippen LogP contribution >= 0.6 is 0 Å². The van der Waals surface area contributed by atoms with E-state index in [0.717, 1.165) is 47.7 Å². The van der Waals surface area contributed by atoms with Crippen LogP contribution in [0, 0.1) is 30.6 Å². The van der Waals surface area contributed by atoms with E-state index in [1.807, 2.05) is 13.0 Å². The van der Waals surface area contributed by atoms with Gasteiger partial charge < -0.3 is 9.84 Å². The third-order valence-electron chi connectivity index (χ3n) is 5.42. The molecule has 4 aliphatic rings. The van der Waals surface area contributed by atoms with E-state index >= 15 is 0 Å². The molecule has 0 unspecified atom stereocenters. The second-order valence-corrected chi connectivity index (χ2v) is 6.77. The molecule has 4 bridgehead atoms. The molecule has 1 heterocycles. The van der Waals surface area contributed by atoms with E-state index in [0.29, 0.717) is 0 Å². The molecule has 18 heavy (non-hydrogen) atoms. The van der Waals surface area contributed by atoms with Gasteiger partial charge in [0.15, 0.2) is 0 Å². The van der Waals surface area contributed by atoms with Crippen LogP contribution in [-0.2, 0) is 6.54 Å². The summed E-state index contributed by atoms with van der Waals surface area (Å²) in [6, 6.07) is 2.79. The lowest BCUT2D eigenvalue weighted by molar-refractivity contribution is -0.0144. The molecule has 1 aromatic heterocycles. The smallest absolute Gasteiger partial charge is 0.133 e. The molecule has 0 spiro atoms. The zero-order valence-corrected chi connectivity index (χ0v) is 11.1. The number of nitrogens with zero attached hydrogens (tertiary/aromatic N) is 1. The van der Waals surface area contributed by atoms with Crippen molar-refractivity contribution in [3.63, 3.8) is 0 Å². The van der Waals surface area contributed by atoms with Crippen molar-refractivity contribution in [1.29, 1.82) is 0 Å². The minimum absolute atomic E-state index is 0.745. The van der Waals surface area contributed by atoms with Gasteiger partial charge in [0, 0.05) is 18.7 Å². The molecule has 0 aromatic carbocycles. The predicted molar refractivity (Wildman–Crippen MR) is 68.9 cm³/mol. The van der Waals surface area contributed by atoms with Crippen molar-refractivity contribution in [3.8, 4) is 0 Å². The maximum Gasteiger partial charge on any atom is 0.133 e. The van der Waals surface area contributed by atoms with Crippen molar-refractivity contribution in [2.75, 3.05) is 0 Å². The summed E-state index contributed by atoms with van der Waals surface area (Å²) in [7, 11) is 0. The highest BCUT2D eigenvalue weighted by Gasteiger charge is 2.47.